The number of rotatable bonds is 5. The molecule has 0 saturated heterocycles. The third kappa shape index (κ3) is 3.03. The van der Waals surface area contributed by atoms with Gasteiger partial charge in [-0.25, -0.2) is 9.59 Å². The molecule has 1 aromatic carbocycles. The van der Waals surface area contributed by atoms with Gasteiger partial charge in [-0.15, -0.1) is 11.3 Å². The number of aromatic carboxylic acids is 1. The molecule has 0 fully saturated rings. The number of fused-ring (bicyclic) bond motifs is 1. The summed E-state index contributed by atoms with van der Waals surface area (Å²) in [6.45, 7) is -0.0621. The van der Waals surface area contributed by atoms with E-state index in [4.69, 9.17) is 5.11 Å². The quantitative estimate of drug-likeness (QED) is 0.701. The number of aryl methyl sites for hydroxylation is 1. The zero-order valence-electron chi connectivity index (χ0n) is 13.3. The fraction of sp³-hybridized carbons (Fsp3) is 0.176. The molecule has 0 amide bonds. The smallest absolute Gasteiger partial charge is 0.345 e. The molecule has 8 heteroatoms. The van der Waals surface area contributed by atoms with Crippen LogP contribution in [0, 0.1) is 0 Å². The van der Waals surface area contributed by atoms with Crippen molar-refractivity contribution in [1.82, 2.24) is 9.13 Å². The molecule has 0 spiro atoms. The van der Waals surface area contributed by atoms with Crippen LogP contribution in [0.5, 0.6) is 0 Å². The number of carboxylic acids is 1. The van der Waals surface area contributed by atoms with Gasteiger partial charge in [-0.2, -0.15) is 0 Å². The number of thiophene rings is 1. The summed E-state index contributed by atoms with van der Waals surface area (Å²) in [6.07, 6.45) is 0.000587. The first-order chi connectivity index (χ1) is 11.9. The van der Waals surface area contributed by atoms with E-state index in [0.717, 1.165) is 15.9 Å². The lowest BCUT2D eigenvalue weighted by molar-refractivity contribution is 0.0702. The van der Waals surface area contributed by atoms with E-state index in [1.54, 1.807) is 30.3 Å². The Morgan fingerprint density at radius 3 is 2.48 bits per heavy atom. The Bertz CT molecular complexity index is 1090. The molecular formula is C17H14N2O5S. The molecule has 2 aromatic heterocycles. The zero-order valence-corrected chi connectivity index (χ0v) is 14.1. The molecule has 0 atom stereocenters. The van der Waals surface area contributed by atoms with E-state index in [-0.39, 0.29) is 29.0 Å². The molecule has 0 aliphatic carbocycles. The molecule has 25 heavy (non-hydrogen) atoms. The number of carboxylic acid groups (broad SMARTS) is 1. The molecule has 0 aliphatic heterocycles. The summed E-state index contributed by atoms with van der Waals surface area (Å²) in [5, 5.41) is 9.24. The Morgan fingerprint density at radius 1 is 1.16 bits per heavy atom. The summed E-state index contributed by atoms with van der Waals surface area (Å²) in [6, 6.07) is 9.88. The molecule has 3 rings (SSSR count). The summed E-state index contributed by atoms with van der Waals surface area (Å²) in [7, 11) is 1.47. The van der Waals surface area contributed by atoms with Crippen molar-refractivity contribution in [3.05, 3.63) is 67.7 Å². The summed E-state index contributed by atoms with van der Waals surface area (Å²) in [5.74, 6) is -1.33. The third-order valence-electron chi connectivity index (χ3n) is 3.88. The minimum atomic E-state index is -1.15. The van der Waals surface area contributed by atoms with Crippen molar-refractivity contribution in [2.45, 2.75) is 13.0 Å². The zero-order chi connectivity index (χ0) is 18.1. The van der Waals surface area contributed by atoms with Crippen LogP contribution in [-0.2, 0) is 13.6 Å². The van der Waals surface area contributed by atoms with Crippen molar-refractivity contribution in [1.29, 1.82) is 0 Å². The van der Waals surface area contributed by atoms with Gasteiger partial charge in [0.2, 0.25) is 0 Å². The molecule has 128 valence electrons. The number of hydrogen-bond donors (Lipinski definition) is 1. The van der Waals surface area contributed by atoms with Crippen LogP contribution in [0.25, 0.3) is 10.2 Å². The average molecular weight is 358 g/mol. The van der Waals surface area contributed by atoms with Crippen molar-refractivity contribution in [3.63, 3.8) is 0 Å². The lowest BCUT2D eigenvalue weighted by Gasteiger charge is -2.08. The largest absolute Gasteiger partial charge is 0.477 e. The summed E-state index contributed by atoms with van der Waals surface area (Å²) >= 11 is 0.873. The molecule has 7 nitrogen and oxygen atoms in total. The molecule has 0 unspecified atom stereocenters. The first kappa shape index (κ1) is 16.8. The van der Waals surface area contributed by atoms with Gasteiger partial charge >= 0.3 is 11.7 Å². The van der Waals surface area contributed by atoms with E-state index in [2.05, 4.69) is 0 Å². The van der Waals surface area contributed by atoms with Crippen molar-refractivity contribution >= 4 is 33.3 Å². The Labute approximate surface area is 145 Å². The van der Waals surface area contributed by atoms with E-state index in [9.17, 15) is 19.2 Å². The van der Waals surface area contributed by atoms with Gasteiger partial charge in [0.1, 0.15) is 9.71 Å². The maximum Gasteiger partial charge on any atom is 0.345 e. The van der Waals surface area contributed by atoms with Gasteiger partial charge in [0.05, 0.1) is 5.39 Å². The Kier molecular flexibility index (Phi) is 4.37. The van der Waals surface area contributed by atoms with Crippen LogP contribution in [0.15, 0.2) is 46.0 Å². The summed E-state index contributed by atoms with van der Waals surface area (Å²) in [4.78, 5) is 48.5. The molecule has 1 N–H and O–H groups in total. The van der Waals surface area contributed by atoms with E-state index in [1.165, 1.54) is 17.7 Å². The highest BCUT2D eigenvalue weighted by Crippen LogP contribution is 2.21. The first-order valence-electron chi connectivity index (χ1n) is 7.45. The predicted octanol–water partition coefficient (Wildman–Crippen LogP) is 1.73. The first-order valence-corrected chi connectivity index (χ1v) is 8.26. The van der Waals surface area contributed by atoms with Crippen LogP contribution in [0.4, 0.5) is 0 Å². The highest BCUT2D eigenvalue weighted by Gasteiger charge is 2.17. The second-order valence-corrected chi connectivity index (χ2v) is 6.50. The molecule has 0 aliphatic rings. The lowest BCUT2D eigenvalue weighted by atomic mass is 10.1. The van der Waals surface area contributed by atoms with E-state index in [0.29, 0.717) is 10.4 Å². The van der Waals surface area contributed by atoms with Gasteiger partial charge in [-0.3, -0.25) is 18.7 Å². The maximum atomic E-state index is 12.5. The van der Waals surface area contributed by atoms with E-state index < -0.39 is 17.2 Å². The second kappa shape index (κ2) is 6.48. The topological polar surface area (TPSA) is 98.4 Å². The molecule has 3 aromatic rings. The van der Waals surface area contributed by atoms with Gasteiger partial charge in [0, 0.05) is 25.6 Å². The maximum absolute atomic E-state index is 12.5. The number of nitrogens with zero attached hydrogens (tertiary/aromatic N) is 2. The molecule has 0 bridgehead atoms. The molecule has 0 saturated carbocycles. The van der Waals surface area contributed by atoms with Gasteiger partial charge in [-0.1, -0.05) is 30.3 Å². The highest BCUT2D eigenvalue weighted by molar-refractivity contribution is 7.20. The van der Waals surface area contributed by atoms with Crippen LogP contribution in [0.3, 0.4) is 0 Å². The Hall–Kier alpha value is -3.00. The number of carbonyl (C=O) groups is 2. The van der Waals surface area contributed by atoms with E-state index in [1.807, 2.05) is 0 Å². The molecule has 2 heterocycles. The SMILES string of the molecule is Cn1c(=O)n(CCC(=O)c2ccccc2)c(=O)c2cc(C(=O)O)sc21. The lowest BCUT2D eigenvalue weighted by Crippen LogP contribution is -2.39. The molecular weight excluding hydrogens is 344 g/mol. The number of carbonyl (C=O) groups excluding carboxylic acids is 1. The Balaban J connectivity index is 1.99. The van der Waals surface area contributed by atoms with E-state index >= 15 is 0 Å². The number of hydrogen-bond acceptors (Lipinski definition) is 5. The van der Waals surface area contributed by atoms with Crippen molar-refractivity contribution in [2.75, 3.05) is 0 Å². The van der Waals surface area contributed by atoms with Gasteiger partial charge in [0.15, 0.2) is 5.78 Å². The number of aromatic nitrogens is 2. The standard InChI is InChI=1S/C17H14N2O5S/c1-18-15-11(9-13(25-15)16(22)23)14(21)19(17(18)24)8-7-12(20)10-5-3-2-4-6-10/h2-6,9H,7-8H2,1H3,(H,22,23). The van der Waals surface area contributed by atoms with Crippen LogP contribution in [0.2, 0.25) is 0 Å². The van der Waals surface area contributed by atoms with Crippen molar-refractivity contribution in [3.8, 4) is 0 Å². The number of ketones is 1. The van der Waals surface area contributed by atoms with Crippen LogP contribution < -0.4 is 11.2 Å². The van der Waals surface area contributed by atoms with Gasteiger partial charge in [-0.05, 0) is 6.07 Å². The minimum Gasteiger partial charge on any atom is -0.477 e. The normalized spacial score (nSPS) is 10.9. The van der Waals surface area contributed by atoms with Gasteiger partial charge in [0.25, 0.3) is 5.56 Å². The number of Topliss-reactive ketones (excluding diaryl/α,β-unsaturated/α-hetero) is 1. The Morgan fingerprint density at radius 2 is 1.84 bits per heavy atom. The number of benzene rings is 1. The predicted molar refractivity (Wildman–Crippen MR) is 93.7 cm³/mol. The minimum absolute atomic E-state index is 0.000587. The van der Waals surface area contributed by atoms with Crippen LogP contribution in [0.1, 0.15) is 26.5 Å². The highest BCUT2D eigenvalue weighted by atomic mass is 32.1. The second-order valence-electron chi connectivity index (χ2n) is 5.47. The summed E-state index contributed by atoms with van der Waals surface area (Å²) < 4.78 is 2.21. The average Bonchev–Trinajstić information content (AvgIpc) is 3.06. The van der Waals surface area contributed by atoms with Crippen LogP contribution >= 0.6 is 11.3 Å². The van der Waals surface area contributed by atoms with Crippen molar-refractivity contribution in [2.24, 2.45) is 7.05 Å². The fourth-order valence-electron chi connectivity index (χ4n) is 2.57. The third-order valence-corrected chi connectivity index (χ3v) is 5.08. The monoisotopic (exact) mass is 358 g/mol. The molecule has 0 radical (unpaired) electrons. The van der Waals surface area contributed by atoms with Gasteiger partial charge < -0.3 is 5.11 Å². The fourth-order valence-corrected chi connectivity index (χ4v) is 3.51. The summed E-state index contributed by atoms with van der Waals surface area (Å²) in [5.41, 5.74) is -0.642. The van der Waals surface area contributed by atoms with Crippen molar-refractivity contribution < 1.29 is 14.7 Å². The van der Waals surface area contributed by atoms with Crippen LogP contribution in [-0.4, -0.2) is 26.0 Å².